The van der Waals surface area contributed by atoms with E-state index in [1.165, 1.54) is 4.68 Å². The molecule has 0 N–H and O–H groups in total. The molecule has 1 amide bonds. The summed E-state index contributed by atoms with van der Waals surface area (Å²) < 4.78 is 3.39. The molecule has 0 radical (unpaired) electrons. The molecule has 2 heterocycles. The van der Waals surface area contributed by atoms with Crippen molar-refractivity contribution in [1.29, 1.82) is 0 Å². The molecule has 1 aromatic heterocycles. The SMILES string of the molecule is CCCC(CCC)C(=O)N1CCC(c2nn(C)c(=O)n2C2CC2)CC1. The Morgan fingerprint density at radius 1 is 1.12 bits per heavy atom. The Kier molecular flexibility index (Phi) is 5.64. The van der Waals surface area contributed by atoms with Crippen LogP contribution < -0.4 is 5.69 Å². The van der Waals surface area contributed by atoms with Gasteiger partial charge in [0.1, 0.15) is 5.82 Å². The summed E-state index contributed by atoms with van der Waals surface area (Å²) >= 11 is 0. The molecule has 0 atom stereocenters. The molecule has 1 aliphatic carbocycles. The second kappa shape index (κ2) is 7.75. The number of rotatable bonds is 7. The topological polar surface area (TPSA) is 60.1 Å². The van der Waals surface area contributed by atoms with Gasteiger partial charge < -0.3 is 4.90 Å². The van der Waals surface area contributed by atoms with Gasteiger partial charge in [0.25, 0.3) is 0 Å². The van der Waals surface area contributed by atoms with E-state index in [9.17, 15) is 9.59 Å². The summed E-state index contributed by atoms with van der Waals surface area (Å²) in [4.78, 5) is 27.2. The Morgan fingerprint density at radius 2 is 1.72 bits per heavy atom. The van der Waals surface area contributed by atoms with Gasteiger partial charge in [-0.2, -0.15) is 5.10 Å². The highest BCUT2D eigenvalue weighted by molar-refractivity contribution is 5.78. The van der Waals surface area contributed by atoms with Crippen molar-refractivity contribution in [2.24, 2.45) is 13.0 Å². The molecule has 25 heavy (non-hydrogen) atoms. The van der Waals surface area contributed by atoms with Crippen molar-refractivity contribution in [2.75, 3.05) is 13.1 Å². The van der Waals surface area contributed by atoms with Crippen LogP contribution in [0.3, 0.4) is 0 Å². The summed E-state index contributed by atoms with van der Waals surface area (Å²) in [6, 6.07) is 0.356. The molecule has 0 unspecified atom stereocenters. The van der Waals surface area contributed by atoms with Crippen LogP contribution in [0.15, 0.2) is 4.79 Å². The number of aromatic nitrogens is 3. The predicted molar refractivity (Wildman–Crippen MR) is 97.6 cm³/mol. The third kappa shape index (κ3) is 3.82. The predicted octanol–water partition coefficient (Wildman–Crippen LogP) is 2.84. The van der Waals surface area contributed by atoms with Gasteiger partial charge in [0.05, 0.1) is 0 Å². The van der Waals surface area contributed by atoms with Crippen LogP contribution in [0.2, 0.25) is 0 Å². The minimum Gasteiger partial charge on any atom is -0.342 e. The zero-order valence-electron chi connectivity index (χ0n) is 15.9. The number of aryl methyl sites for hydroxylation is 1. The van der Waals surface area contributed by atoms with Crippen LogP contribution in [-0.2, 0) is 11.8 Å². The van der Waals surface area contributed by atoms with Gasteiger partial charge in [0.2, 0.25) is 5.91 Å². The lowest BCUT2D eigenvalue weighted by Gasteiger charge is -2.34. The van der Waals surface area contributed by atoms with Crippen molar-refractivity contribution in [3.63, 3.8) is 0 Å². The lowest BCUT2D eigenvalue weighted by molar-refractivity contribution is -0.137. The van der Waals surface area contributed by atoms with Crippen LogP contribution in [-0.4, -0.2) is 38.2 Å². The van der Waals surface area contributed by atoms with Gasteiger partial charge in [0, 0.05) is 38.0 Å². The second-order valence-electron chi connectivity index (χ2n) is 7.74. The maximum absolute atomic E-state index is 12.8. The molecule has 0 bridgehead atoms. The van der Waals surface area contributed by atoms with Gasteiger partial charge in [-0.15, -0.1) is 0 Å². The highest BCUT2D eigenvalue weighted by Crippen LogP contribution is 2.37. The minimum absolute atomic E-state index is 0.0157. The molecule has 1 saturated carbocycles. The van der Waals surface area contributed by atoms with E-state index in [1.54, 1.807) is 7.05 Å². The summed E-state index contributed by atoms with van der Waals surface area (Å²) in [5.41, 5.74) is 0.0157. The number of carbonyl (C=O) groups is 1. The molecule has 1 saturated heterocycles. The van der Waals surface area contributed by atoms with Gasteiger partial charge >= 0.3 is 5.69 Å². The summed E-state index contributed by atoms with van der Waals surface area (Å²) in [6.45, 7) is 5.90. The van der Waals surface area contributed by atoms with Gasteiger partial charge in [-0.05, 0) is 38.5 Å². The van der Waals surface area contributed by atoms with Crippen LogP contribution >= 0.6 is 0 Å². The average molecular weight is 348 g/mol. The number of hydrogen-bond donors (Lipinski definition) is 0. The van der Waals surface area contributed by atoms with Crippen LogP contribution in [0, 0.1) is 5.92 Å². The highest BCUT2D eigenvalue weighted by Gasteiger charge is 2.35. The summed E-state index contributed by atoms with van der Waals surface area (Å²) in [6.07, 6.45) is 8.13. The van der Waals surface area contributed by atoms with Crippen molar-refractivity contribution in [3.05, 3.63) is 16.3 Å². The maximum atomic E-state index is 12.8. The smallest absolute Gasteiger partial charge is 0.342 e. The lowest BCUT2D eigenvalue weighted by atomic mass is 9.92. The summed E-state index contributed by atoms with van der Waals surface area (Å²) in [5, 5.41) is 4.52. The number of likely N-dealkylation sites (tertiary alicyclic amines) is 1. The lowest BCUT2D eigenvalue weighted by Crippen LogP contribution is -2.41. The molecular weight excluding hydrogens is 316 g/mol. The molecule has 6 heteroatoms. The quantitative estimate of drug-likeness (QED) is 0.761. The van der Waals surface area contributed by atoms with E-state index in [-0.39, 0.29) is 11.6 Å². The van der Waals surface area contributed by atoms with Crippen molar-refractivity contribution in [3.8, 4) is 0 Å². The normalized spacial score (nSPS) is 19.0. The fourth-order valence-electron chi connectivity index (χ4n) is 4.16. The van der Waals surface area contributed by atoms with E-state index in [2.05, 4.69) is 23.8 Å². The van der Waals surface area contributed by atoms with Crippen molar-refractivity contribution in [1.82, 2.24) is 19.2 Å². The van der Waals surface area contributed by atoms with E-state index >= 15 is 0 Å². The van der Waals surface area contributed by atoms with Gasteiger partial charge in [-0.25, -0.2) is 9.48 Å². The van der Waals surface area contributed by atoms with Gasteiger partial charge in [-0.1, -0.05) is 26.7 Å². The zero-order chi connectivity index (χ0) is 18.0. The first-order valence-electron chi connectivity index (χ1n) is 10.0. The molecule has 140 valence electrons. The number of piperidine rings is 1. The van der Waals surface area contributed by atoms with Crippen molar-refractivity contribution in [2.45, 2.75) is 77.2 Å². The van der Waals surface area contributed by atoms with Gasteiger partial charge in [0.15, 0.2) is 0 Å². The number of carbonyl (C=O) groups excluding carboxylic acids is 1. The Bertz CT molecular complexity index is 645. The fraction of sp³-hybridized carbons (Fsp3) is 0.842. The molecule has 2 fully saturated rings. The zero-order valence-corrected chi connectivity index (χ0v) is 15.9. The van der Waals surface area contributed by atoms with Crippen molar-refractivity contribution >= 4 is 5.91 Å². The Morgan fingerprint density at radius 3 is 2.24 bits per heavy atom. The van der Waals surface area contributed by atoms with E-state index in [1.807, 2.05) is 4.57 Å². The van der Waals surface area contributed by atoms with Crippen LogP contribution in [0.5, 0.6) is 0 Å². The standard InChI is InChI=1S/C19H32N4O2/c1-4-6-15(7-5-2)18(24)22-12-10-14(11-13-22)17-20-21(3)19(25)23(17)16-8-9-16/h14-16H,4-13H2,1-3H3. The summed E-state index contributed by atoms with van der Waals surface area (Å²) in [5.74, 6) is 1.77. The summed E-state index contributed by atoms with van der Waals surface area (Å²) in [7, 11) is 1.74. The molecule has 6 nitrogen and oxygen atoms in total. The minimum atomic E-state index is 0.0157. The maximum Gasteiger partial charge on any atom is 0.345 e. The monoisotopic (exact) mass is 348 g/mol. The molecule has 1 aromatic rings. The largest absolute Gasteiger partial charge is 0.345 e. The highest BCUT2D eigenvalue weighted by atomic mass is 16.2. The third-order valence-corrected chi connectivity index (χ3v) is 5.69. The average Bonchev–Trinajstić information content (AvgIpc) is 3.41. The van der Waals surface area contributed by atoms with Crippen LogP contribution in [0.4, 0.5) is 0 Å². The Labute approximate surface area is 150 Å². The first-order valence-corrected chi connectivity index (χ1v) is 10.0. The number of nitrogens with zero attached hydrogens (tertiary/aromatic N) is 4. The first-order chi connectivity index (χ1) is 12.1. The number of amides is 1. The molecule has 3 rings (SSSR count). The van der Waals surface area contributed by atoms with E-state index in [4.69, 9.17) is 0 Å². The first kappa shape index (κ1) is 18.2. The second-order valence-corrected chi connectivity index (χ2v) is 7.74. The van der Waals surface area contributed by atoms with E-state index < -0.39 is 0 Å². The molecule has 0 spiro atoms. The van der Waals surface area contributed by atoms with E-state index in [0.717, 1.165) is 70.3 Å². The fourth-order valence-corrected chi connectivity index (χ4v) is 4.16. The van der Waals surface area contributed by atoms with Gasteiger partial charge in [-0.3, -0.25) is 9.36 Å². The Balaban J connectivity index is 1.65. The molecule has 2 aliphatic rings. The molecule has 1 aliphatic heterocycles. The van der Waals surface area contributed by atoms with Crippen LogP contribution in [0.1, 0.15) is 83.0 Å². The van der Waals surface area contributed by atoms with Crippen LogP contribution in [0.25, 0.3) is 0 Å². The molecule has 0 aromatic carbocycles. The third-order valence-electron chi connectivity index (χ3n) is 5.69. The molecular formula is C19H32N4O2. The van der Waals surface area contributed by atoms with Crippen molar-refractivity contribution < 1.29 is 4.79 Å². The number of hydrogen-bond acceptors (Lipinski definition) is 3. The van der Waals surface area contributed by atoms with E-state index in [0.29, 0.717) is 17.9 Å². The Hall–Kier alpha value is -1.59.